The molecular weight excluding hydrogens is 1150 g/mol. The molecule has 1 aliphatic rings. The number of hydrogen-bond acceptors (Lipinski definition) is 2. The molecule has 0 saturated carbocycles. The second-order valence-electron chi connectivity index (χ2n) is 20.4. The number of ether oxygens (including phenoxy) is 1. The van der Waals surface area contributed by atoms with E-state index in [1.54, 1.807) is 22.8 Å². The van der Waals surface area contributed by atoms with Crippen LogP contribution in [0.3, 0.4) is 0 Å². The molecule has 78 heavy (non-hydrogen) atoms. The summed E-state index contributed by atoms with van der Waals surface area (Å²) in [5.41, 5.74) is 6.43. The number of para-hydroxylation sites is 3. The van der Waals surface area contributed by atoms with Crippen molar-refractivity contribution in [2.75, 3.05) is 0 Å². The van der Waals surface area contributed by atoms with Gasteiger partial charge in [-0.05, 0) is 78.9 Å². The fourth-order valence-electron chi connectivity index (χ4n) is 11.8. The van der Waals surface area contributed by atoms with Crippen molar-refractivity contribution in [3.63, 3.8) is 0 Å². The van der Waals surface area contributed by atoms with Crippen molar-refractivity contribution in [1.29, 1.82) is 0 Å². The summed E-state index contributed by atoms with van der Waals surface area (Å²) in [7, 11) is -3.63. The van der Waals surface area contributed by atoms with Gasteiger partial charge in [0.2, 0.25) is 0 Å². The van der Waals surface area contributed by atoms with Crippen molar-refractivity contribution < 1.29 is 44.1 Å². The third kappa shape index (κ3) is 7.18. The number of benzene rings is 10. The van der Waals surface area contributed by atoms with Gasteiger partial charge in [-0.2, -0.15) is 12.1 Å². The largest absolute Gasteiger partial charge is 0.510 e. The van der Waals surface area contributed by atoms with Gasteiger partial charge in [0.05, 0.1) is 30.4 Å². The number of imidazole rings is 1. The second kappa shape index (κ2) is 18.4. The maximum atomic E-state index is 9.40. The number of pyridine rings is 1. The molecule has 376 valence electrons. The number of rotatable bonds is 8. The van der Waals surface area contributed by atoms with Crippen LogP contribution in [0, 0.1) is 18.5 Å². The standard InChI is InChI=1S/C70H49N5OSi.Pt/c1-70(2,3)49-41-42-71-66(43-49)74-60-33-18-16-29-56(60)58-37-35-50(44-63(58)74)76-51-36-40-65-64(45-51)73-46-72(67-54(47-21-8-4-9-22-47)31-20-32-55(67)48-23-10-5-11-24-48)62-39-38-59-57-30-17-19-34-61(57)75(68(59)69(62)73)77(65,52-25-12-6-13-26-52)53-27-14-7-15-28-53;/h4-43H,1-3H3;/q-2;/i4D,5D,8D,9D,10D,11D,21D,22D,23D,24D;. The van der Waals surface area contributed by atoms with Crippen LogP contribution in [0.4, 0.5) is 0 Å². The van der Waals surface area contributed by atoms with Gasteiger partial charge in [-0.1, -0.05) is 214 Å². The molecule has 15 rings (SSSR count). The topological polar surface area (TPSA) is 40.8 Å². The number of nitrogens with zero attached hydrogens (tertiary/aromatic N) is 5. The van der Waals surface area contributed by atoms with Crippen LogP contribution in [-0.2, 0) is 26.5 Å². The molecule has 5 heterocycles. The van der Waals surface area contributed by atoms with Gasteiger partial charge >= 0.3 is 0 Å². The van der Waals surface area contributed by atoms with E-state index in [1.807, 2.05) is 77.5 Å². The number of aromatic nitrogens is 5. The van der Waals surface area contributed by atoms with E-state index in [1.165, 1.54) is 0 Å². The summed E-state index contributed by atoms with van der Waals surface area (Å²) in [4.78, 5) is 4.91. The van der Waals surface area contributed by atoms with E-state index in [0.29, 0.717) is 28.2 Å². The van der Waals surface area contributed by atoms with Gasteiger partial charge in [0.25, 0.3) is 6.33 Å². The maximum Gasteiger partial charge on any atom is 0.268 e. The van der Waals surface area contributed by atoms with Crippen LogP contribution >= 0.6 is 0 Å². The summed E-state index contributed by atoms with van der Waals surface area (Å²) in [6.07, 6.45) is 5.60. The van der Waals surface area contributed by atoms with Crippen molar-refractivity contribution >= 4 is 78.4 Å². The minimum absolute atomic E-state index is 0. The minimum Gasteiger partial charge on any atom is -0.510 e. The molecule has 0 fully saturated rings. The first kappa shape index (κ1) is 37.8. The van der Waals surface area contributed by atoms with E-state index < -0.39 is 68.7 Å². The first-order chi connectivity index (χ1) is 42.0. The zero-order chi connectivity index (χ0) is 60.1. The molecule has 0 unspecified atom stereocenters. The number of fused-ring (bicyclic) bond motifs is 8. The van der Waals surface area contributed by atoms with Crippen LogP contribution in [0.2, 0.25) is 0 Å². The van der Waals surface area contributed by atoms with E-state index in [-0.39, 0.29) is 54.4 Å². The molecule has 0 bridgehead atoms. The third-order valence-corrected chi connectivity index (χ3v) is 19.8. The fourth-order valence-corrected chi connectivity index (χ4v) is 16.8. The Morgan fingerprint density at radius 1 is 0.564 bits per heavy atom. The van der Waals surface area contributed by atoms with E-state index >= 15 is 0 Å². The van der Waals surface area contributed by atoms with Gasteiger partial charge in [0, 0.05) is 60.6 Å². The molecule has 14 aromatic rings. The maximum absolute atomic E-state index is 9.40. The first-order valence-corrected chi connectivity index (χ1v) is 27.4. The van der Waals surface area contributed by atoms with Gasteiger partial charge in [-0.25, -0.2) is 4.98 Å². The quantitative estimate of drug-likeness (QED) is 0.0864. The minimum atomic E-state index is -3.63. The average Bonchev–Trinajstić information content (AvgIpc) is 1.50. The van der Waals surface area contributed by atoms with Crippen LogP contribution in [0.5, 0.6) is 11.5 Å². The predicted molar refractivity (Wildman–Crippen MR) is 315 cm³/mol. The summed E-state index contributed by atoms with van der Waals surface area (Å²) in [5, 5.41) is 6.97. The second-order valence-corrected chi connectivity index (χ2v) is 23.9. The average molecular weight is 1210 g/mol. The van der Waals surface area contributed by atoms with E-state index in [0.717, 1.165) is 70.6 Å². The molecule has 0 atom stereocenters. The summed E-state index contributed by atoms with van der Waals surface area (Å²) >= 11 is 0. The van der Waals surface area contributed by atoms with Crippen LogP contribution in [-0.4, -0.2) is 26.6 Å². The Morgan fingerprint density at radius 2 is 1.15 bits per heavy atom. The number of hydrogen-bond donors (Lipinski definition) is 0. The Kier molecular flexibility index (Phi) is 8.92. The zero-order valence-corrected chi connectivity index (χ0v) is 45.6. The van der Waals surface area contributed by atoms with Crippen molar-refractivity contribution in [1.82, 2.24) is 18.4 Å². The van der Waals surface area contributed by atoms with E-state index in [2.05, 4.69) is 139 Å². The Hall–Kier alpha value is -8.87. The molecule has 8 heteroatoms. The Balaban J connectivity index is 0.00000680. The molecular formula is C70H49N5OPtSi-2. The van der Waals surface area contributed by atoms with Gasteiger partial charge in [-0.3, -0.25) is 4.57 Å². The van der Waals surface area contributed by atoms with Gasteiger partial charge in [0.1, 0.15) is 11.3 Å². The molecule has 4 aromatic heterocycles. The van der Waals surface area contributed by atoms with Crippen molar-refractivity contribution in [2.24, 2.45) is 0 Å². The van der Waals surface area contributed by atoms with E-state index in [4.69, 9.17) is 17.9 Å². The molecule has 0 radical (unpaired) electrons. The summed E-state index contributed by atoms with van der Waals surface area (Å²) in [6, 6.07) is 60.9. The van der Waals surface area contributed by atoms with Crippen molar-refractivity contribution in [2.45, 2.75) is 26.2 Å². The Bertz CT molecular complexity index is 5090. The SMILES string of the molecule is [2H]c1c([2H])c([2H])c(-c2cccc(-c3c([2H])c([2H])c([2H])c([2H])c3[2H])c2-[n+]2[c-]n3c4c5c(ccc42)c2ccccc2n5[Si](c2ccccc2)(c2ccccc2)c2ccc(Oc4[c-]c5c(cc4)c4ccccc4n5-c4cc(C(C)(C)C)ccn4)[c-]c2-3)c([2H])c1[2H].[Pt]. The van der Waals surface area contributed by atoms with Crippen molar-refractivity contribution in [3.8, 4) is 50.9 Å². The van der Waals surface area contributed by atoms with Crippen LogP contribution in [0.25, 0.3) is 94.1 Å². The van der Waals surface area contributed by atoms with Crippen LogP contribution < -0.4 is 24.9 Å². The first-order valence-electron chi connectivity index (χ1n) is 30.5. The van der Waals surface area contributed by atoms with Gasteiger partial charge in [-0.15, -0.1) is 34.8 Å². The summed E-state index contributed by atoms with van der Waals surface area (Å²) in [5.74, 6) is 1.52. The monoisotopic (exact) mass is 1210 g/mol. The molecule has 1 aliphatic heterocycles. The van der Waals surface area contributed by atoms with Gasteiger partial charge in [0.15, 0.2) is 8.24 Å². The Morgan fingerprint density at radius 3 is 1.82 bits per heavy atom. The molecule has 0 N–H and O–H groups in total. The molecule has 0 aliphatic carbocycles. The predicted octanol–water partition coefficient (Wildman–Crippen LogP) is 14.2. The summed E-state index contributed by atoms with van der Waals surface area (Å²) < 4.78 is 106. The molecule has 10 aromatic carbocycles. The summed E-state index contributed by atoms with van der Waals surface area (Å²) in [6.45, 7) is 6.54. The van der Waals surface area contributed by atoms with Crippen molar-refractivity contribution in [3.05, 3.63) is 267 Å². The van der Waals surface area contributed by atoms with Gasteiger partial charge < -0.3 is 18.1 Å². The fraction of sp³-hybridized carbons (Fsp3) is 0.0571. The van der Waals surface area contributed by atoms with Crippen LogP contribution in [0.15, 0.2) is 243 Å². The normalized spacial score (nSPS) is 14.6. The molecule has 0 amide bonds. The van der Waals surface area contributed by atoms with Crippen LogP contribution in [0.1, 0.15) is 40.0 Å². The molecule has 0 spiro atoms. The molecule has 0 saturated heterocycles. The smallest absolute Gasteiger partial charge is 0.268 e. The Labute approximate surface area is 482 Å². The zero-order valence-electron chi connectivity index (χ0n) is 52.3. The third-order valence-electron chi connectivity index (χ3n) is 15.1. The van der Waals surface area contributed by atoms with E-state index in [9.17, 15) is 5.48 Å². The molecule has 6 nitrogen and oxygen atoms in total.